The number of rotatable bonds is 6. The normalized spacial score (nSPS) is 18.7. The van der Waals surface area contributed by atoms with Gasteiger partial charge in [0.2, 0.25) is 5.95 Å². The van der Waals surface area contributed by atoms with Gasteiger partial charge in [0.1, 0.15) is 5.65 Å². The fourth-order valence-corrected chi connectivity index (χ4v) is 7.46. The number of nitrogens with zero attached hydrogens (tertiary/aromatic N) is 4. The molecule has 2 aromatic heterocycles. The maximum atomic E-state index is 14.1. The average Bonchev–Trinajstić information content (AvgIpc) is 3.05. The highest BCUT2D eigenvalue weighted by molar-refractivity contribution is 7.99. The highest BCUT2D eigenvalue weighted by Gasteiger charge is 2.27. The summed E-state index contributed by atoms with van der Waals surface area (Å²) in [7, 11) is 2.18. The van der Waals surface area contributed by atoms with E-state index in [0.717, 1.165) is 18.8 Å². The third kappa shape index (κ3) is 5.60. The lowest BCUT2D eigenvalue weighted by Crippen LogP contribution is -2.33. The first-order valence-corrected chi connectivity index (χ1v) is 15.8. The molecule has 1 fully saturated rings. The summed E-state index contributed by atoms with van der Waals surface area (Å²) in [4.78, 5) is 40.8. The summed E-state index contributed by atoms with van der Waals surface area (Å²) in [5.74, 6) is 1.37. The molecule has 7 nitrogen and oxygen atoms in total. The standard InChI is InChI=1S/C35H33N5O2S/c1-39-17-7-11-26(21-39)23-13-15-28(16-14-23)37-35-36-20-27-19-30(32(41)24-8-3-2-4-9-24)34(42)40(33(27)38-35)29-18-25-10-5-6-12-31(25)43-22-29/h2-6,8-10,12-16,19-20,26,29H,7,11,17-18,21-22H2,1H3,(H,36,37,38). The number of fused-ring (bicyclic) bond motifs is 2. The Morgan fingerprint density at radius 2 is 1.79 bits per heavy atom. The molecule has 5 aromatic rings. The molecule has 0 radical (unpaired) electrons. The summed E-state index contributed by atoms with van der Waals surface area (Å²) in [5.41, 5.74) is 4.25. The van der Waals surface area contributed by atoms with Gasteiger partial charge >= 0.3 is 0 Å². The van der Waals surface area contributed by atoms with Crippen molar-refractivity contribution in [1.82, 2.24) is 19.4 Å². The third-order valence-electron chi connectivity index (χ3n) is 8.54. The molecule has 0 aliphatic carbocycles. The average molecular weight is 588 g/mol. The molecule has 2 aliphatic heterocycles. The van der Waals surface area contributed by atoms with Gasteiger partial charge in [0.15, 0.2) is 5.78 Å². The number of hydrogen-bond donors (Lipinski definition) is 1. The van der Waals surface area contributed by atoms with Gasteiger partial charge < -0.3 is 10.2 Å². The van der Waals surface area contributed by atoms with Crippen molar-refractivity contribution in [2.24, 2.45) is 0 Å². The van der Waals surface area contributed by atoms with E-state index in [1.807, 2.05) is 30.3 Å². The number of piperidine rings is 1. The van der Waals surface area contributed by atoms with Crippen LogP contribution in [-0.2, 0) is 6.42 Å². The van der Waals surface area contributed by atoms with Crippen LogP contribution in [0.5, 0.6) is 0 Å². The van der Waals surface area contributed by atoms with E-state index in [-0.39, 0.29) is 22.9 Å². The van der Waals surface area contributed by atoms with Crippen molar-refractivity contribution >= 4 is 40.2 Å². The largest absolute Gasteiger partial charge is 0.324 e. The smallest absolute Gasteiger partial charge is 0.263 e. The Hall–Kier alpha value is -4.27. The van der Waals surface area contributed by atoms with Gasteiger partial charge in [-0.2, -0.15) is 4.98 Å². The lowest BCUT2D eigenvalue weighted by molar-refractivity contribution is 0.103. The van der Waals surface area contributed by atoms with Crippen molar-refractivity contribution < 1.29 is 4.79 Å². The Morgan fingerprint density at radius 1 is 1.00 bits per heavy atom. The highest BCUT2D eigenvalue weighted by atomic mass is 32.2. The van der Waals surface area contributed by atoms with E-state index in [2.05, 4.69) is 58.6 Å². The van der Waals surface area contributed by atoms with Gasteiger partial charge in [-0.25, -0.2) is 4.98 Å². The number of hydrogen-bond acceptors (Lipinski definition) is 7. The van der Waals surface area contributed by atoms with E-state index in [0.29, 0.717) is 40.6 Å². The molecule has 1 saturated heterocycles. The van der Waals surface area contributed by atoms with Crippen LogP contribution in [0.1, 0.15) is 51.8 Å². The lowest BCUT2D eigenvalue weighted by Gasteiger charge is -2.30. The second-order valence-corrected chi connectivity index (χ2v) is 12.6. The number of carbonyl (C=O) groups excluding carboxylic acids is 1. The van der Waals surface area contributed by atoms with E-state index < -0.39 is 0 Å². The lowest BCUT2D eigenvalue weighted by atomic mass is 9.91. The molecule has 1 N–H and O–H groups in total. The fourth-order valence-electron chi connectivity index (χ4n) is 6.31. The first-order valence-electron chi connectivity index (χ1n) is 14.8. The number of pyridine rings is 1. The minimum Gasteiger partial charge on any atom is -0.324 e. The summed E-state index contributed by atoms with van der Waals surface area (Å²) in [5, 5.41) is 4.00. The number of ketones is 1. The number of carbonyl (C=O) groups is 1. The number of benzene rings is 3. The molecular weight excluding hydrogens is 554 g/mol. The van der Waals surface area contributed by atoms with Crippen LogP contribution in [0.25, 0.3) is 11.0 Å². The Kier molecular flexibility index (Phi) is 7.55. The number of likely N-dealkylation sites (tertiary alicyclic amines) is 1. The number of anilines is 2. The van der Waals surface area contributed by atoms with Crippen molar-refractivity contribution in [2.75, 3.05) is 31.2 Å². The molecule has 43 heavy (non-hydrogen) atoms. The number of thioether (sulfide) groups is 1. The van der Waals surface area contributed by atoms with Gasteiger partial charge in [0.25, 0.3) is 5.56 Å². The molecule has 8 heteroatoms. The molecule has 2 atom stereocenters. The van der Waals surface area contributed by atoms with Crippen LogP contribution in [0.15, 0.2) is 101 Å². The topological polar surface area (TPSA) is 80.1 Å². The monoisotopic (exact) mass is 587 g/mol. The number of aromatic nitrogens is 3. The molecule has 3 aromatic carbocycles. The van der Waals surface area contributed by atoms with Crippen LogP contribution in [0, 0.1) is 0 Å². The molecule has 0 spiro atoms. The van der Waals surface area contributed by atoms with E-state index in [1.165, 1.54) is 28.9 Å². The molecule has 0 amide bonds. The van der Waals surface area contributed by atoms with Crippen LogP contribution in [0.2, 0.25) is 0 Å². The Balaban J connectivity index is 1.26. The van der Waals surface area contributed by atoms with Crippen molar-refractivity contribution in [3.8, 4) is 0 Å². The van der Waals surface area contributed by atoms with E-state index in [9.17, 15) is 9.59 Å². The highest BCUT2D eigenvalue weighted by Crippen LogP contribution is 2.36. The number of likely N-dealkylation sites (N-methyl/N-ethyl adjacent to an activating group) is 1. The van der Waals surface area contributed by atoms with Gasteiger partial charge in [-0.05, 0) is 74.2 Å². The molecule has 4 heterocycles. The third-order valence-corrected chi connectivity index (χ3v) is 9.80. The summed E-state index contributed by atoms with van der Waals surface area (Å²) >= 11 is 1.73. The summed E-state index contributed by atoms with van der Waals surface area (Å²) in [6.07, 6.45) is 4.82. The summed E-state index contributed by atoms with van der Waals surface area (Å²) in [6, 6.07) is 27.2. The predicted octanol–water partition coefficient (Wildman–Crippen LogP) is 6.46. The van der Waals surface area contributed by atoms with Gasteiger partial charge in [0, 0.05) is 40.0 Å². The van der Waals surface area contributed by atoms with Crippen molar-refractivity contribution in [1.29, 1.82) is 0 Å². The van der Waals surface area contributed by atoms with E-state index >= 15 is 0 Å². The molecule has 2 aliphatic rings. The van der Waals surface area contributed by atoms with Gasteiger partial charge in [-0.15, -0.1) is 11.8 Å². The van der Waals surface area contributed by atoms with Gasteiger partial charge in [0.05, 0.1) is 11.6 Å². The van der Waals surface area contributed by atoms with E-state index in [1.54, 1.807) is 40.7 Å². The maximum Gasteiger partial charge on any atom is 0.263 e. The number of nitrogens with one attached hydrogen (secondary N) is 1. The quantitative estimate of drug-likeness (QED) is 0.228. The van der Waals surface area contributed by atoms with Crippen molar-refractivity contribution in [2.45, 2.75) is 36.1 Å². The van der Waals surface area contributed by atoms with Crippen LogP contribution >= 0.6 is 11.8 Å². The minimum atomic E-state index is -0.321. The summed E-state index contributed by atoms with van der Waals surface area (Å²) in [6.45, 7) is 2.24. The molecular formula is C35H33N5O2S. The zero-order chi connectivity index (χ0) is 29.3. The SMILES string of the molecule is CN1CCCC(c2ccc(Nc3ncc4cc(C(=O)c5ccccc5)c(=O)n(C5CSc6ccccc6C5)c4n3)cc2)C1. The molecule has 2 unspecified atom stereocenters. The molecule has 0 bridgehead atoms. The second-order valence-electron chi connectivity index (χ2n) is 11.5. The Labute approximate surface area is 255 Å². The van der Waals surface area contributed by atoms with Gasteiger partial charge in [-0.1, -0.05) is 60.7 Å². The molecule has 0 saturated carbocycles. The van der Waals surface area contributed by atoms with Crippen molar-refractivity contribution in [3.05, 3.63) is 124 Å². The first-order chi connectivity index (χ1) is 21.0. The van der Waals surface area contributed by atoms with Gasteiger partial charge in [-0.3, -0.25) is 14.2 Å². The first kappa shape index (κ1) is 27.6. The Morgan fingerprint density at radius 3 is 2.60 bits per heavy atom. The fraction of sp³-hybridized carbons (Fsp3) is 0.257. The van der Waals surface area contributed by atoms with Crippen molar-refractivity contribution in [3.63, 3.8) is 0 Å². The van der Waals surface area contributed by atoms with Crippen LogP contribution in [-0.4, -0.2) is 51.1 Å². The summed E-state index contributed by atoms with van der Waals surface area (Å²) < 4.78 is 1.73. The van der Waals surface area contributed by atoms with Crippen LogP contribution in [0.4, 0.5) is 11.6 Å². The zero-order valence-corrected chi connectivity index (χ0v) is 24.9. The molecule has 216 valence electrons. The Bertz CT molecular complexity index is 1860. The second kappa shape index (κ2) is 11.8. The van der Waals surface area contributed by atoms with E-state index in [4.69, 9.17) is 4.98 Å². The zero-order valence-electron chi connectivity index (χ0n) is 24.1. The molecule has 7 rings (SSSR count). The van der Waals surface area contributed by atoms with Crippen LogP contribution < -0.4 is 10.9 Å². The maximum absolute atomic E-state index is 14.1. The predicted molar refractivity (Wildman–Crippen MR) is 173 cm³/mol. The van der Waals surface area contributed by atoms with Crippen LogP contribution in [0.3, 0.4) is 0 Å². The minimum absolute atomic E-state index is 0.135.